The normalized spacial score (nSPS) is 41.6. The van der Waals surface area contributed by atoms with Gasteiger partial charge in [-0.1, -0.05) is 13.3 Å². The number of hydrogen-bond acceptors (Lipinski definition) is 2. The van der Waals surface area contributed by atoms with Crippen LogP contribution in [0, 0.1) is 11.8 Å². The molecular formula is C12H23NO. The minimum Gasteiger partial charge on any atom is -0.378 e. The van der Waals surface area contributed by atoms with Gasteiger partial charge in [-0.2, -0.15) is 0 Å². The van der Waals surface area contributed by atoms with Crippen LogP contribution in [0.15, 0.2) is 0 Å². The molecule has 0 radical (unpaired) electrons. The zero-order valence-corrected chi connectivity index (χ0v) is 9.24. The second-order valence-corrected chi connectivity index (χ2v) is 4.99. The van der Waals surface area contributed by atoms with Crippen LogP contribution in [-0.2, 0) is 4.74 Å². The summed E-state index contributed by atoms with van der Waals surface area (Å²) >= 11 is 0. The Kier molecular flexibility index (Phi) is 3.45. The average Bonchev–Trinajstić information content (AvgIpc) is 2.41. The third-order valence-electron chi connectivity index (χ3n) is 3.98. The standard InChI is InChI=1S/C12H23NO/c1-2-3-6-14-11-7-9-4-5-10(8-11)12(9)13/h9-12H,2-8,13H2,1H3. The molecule has 2 saturated carbocycles. The predicted octanol–water partition coefficient (Wildman–Crippen LogP) is 2.32. The first kappa shape index (κ1) is 10.4. The number of unbranched alkanes of at least 4 members (excludes halogenated alkanes) is 1. The van der Waals surface area contributed by atoms with Crippen LogP contribution in [0.25, 0.3) is 0 Å². The van der Waals surface area contributed by atoms with Gasteiger partial charge in [-0.3, -0.25) is 0 Å². The molecule has 2 atom stereocenters. The maximum Gasteiger partial charge on any atom is 0.0581 e. The van der Waals surface area contributed by atoms with Crippen molar-refractivity contribution in [3.8, 4) is 0 Å². The van der Waals surface area contributed by atoms with Gasteiger partial charge in [0.25, 0.3) is 0 Å². The van der Waals surface area contributed by atoms with Crippen molar-refractivity contribution in [2.75, 3.05) is 6.61 Å². The van der Waals surface area contributed by atoms with Gasteiger partial charge >= 0.3 is 0 Å². The van der Waals surface area contributed by atoms with Crippen LogP contribution >= 0.6 is 0 Å². The molecule has 2 aliphatic rings. The molecule has 14 heavy (non-hydrogen) atoms. The molecule has 0 spiro atoms. The Bertz CT molecular complexity index is 169. The van der Waals surface area contributed by atoms with Crippen LogP contribution in [-0.4, -0.2) is 18.8 Å². The first-order valence-electron chi connectivity index (χ1n) is 6.18. The molecule has 0 aromatic carbocycles. The monoisotopic (exact) mass is 197 g/mol. The fourth-order valence-corrected chi connectivity index (χ4v) is 3.05. The van der Waals surface area contributed by atoms with Gasteiger partial charge in [0.15, 0.2) is 0 Å². The molecular weight excluding hydrogens is 174 g/mol. The molecule has 2 rings (SSSR count). The van der Waals surface area contributed by atoms with Crippen LogP contribution in [0.3, 0.4) is 0 Å². The zero-order chi connectivity index (χ0) is 9.97. The van der Waals surface area contributed by atoms with Crippen molar-refractivity contribution in [1.82, 2.24) is 0 Å². The molecule has 2 aliphatic carbocycles. The quantitative estimate of drug-likeness (QED) is 0.702. The molecule has 2 N–H and O–H groups in total. The van der Waals surface area contributed by atoms with Gasteiger partial charge < -0.3 is 10.5 Å². The van der Waals surface area contributed by atoms with Crippen LogP contribution in [0.2, 0.25) is 0 Å². The van der Waals surface area contributed by atoms with Crippen molar-refractivity contribution >= 4 is 0 Å². The van der Waals surface area contributed by atoms with E-state index in [1.165, 1.54) is 38.5 Å². The number of fused-ring (bicyclic) bond motifs is 2. The molecule has 0 heterocycles. The van der Waals surface area contributed by atoms with E-state index in [9.17, 15) is 0 Å². The van der Waals surface area contributed by atoms with E-state index in [0.717, 1.165) is 18.4 Å². The molecule has 2 heteroatoms. The fraction of sp³-hybridized carbons (Fsp3) is 1.00. The van der Waals surface area contributed by atoms with E-state index in [1.54, 1.807) is 0 Å². The Balaban J connectivity index is 1.76. The molecule has 2 bridgehead atoms. The highest BCUT2D eigenvalue weighted by Gasteiger charge is 2.40. The average molecular weight is 197 g/mol. The van der Waals surface area contributed by atoms with Gasteiger partial charge in [-0.15, -0.1) is 0 Å². The molecule has 2 fully saturated rings. The third-order valence-corrected chi connectivity index (χ3v) is 3.98. The SMILES string of the molecule is CCCCOC1CC2CCC(C1)C2N. The largest absolute Gasteiger partial charge is 0.378 e. The van der Waals surface area contributed by atoms with Gasteiger partial charge in [0.1, 0.15) is 0 Å². The molecule has 0 aromatic rings. The summed E-state index contributed by atoms with van der Waals surface area (Å²) in [5.74, 6) is 1.53. The van der Waals surface area contributed by atoms with Crippen LogP contribution in [0.4, 0.5) is 0 Å². The topological polar surface area (TPSA) is 35.2 Å². The molecule has 0 saturated heterocycles. The summed E-state index contributed by atoms with van der Waals surface area (Å²) in [4.78, 5) is 0. The Morgan fingerprint density at radius 2 is 1.86 bits per heavy atom. The Hall–Kier alpha value is -0.0800. The first-order chi connectivity index (χ1) is 6.81. The number of nitrogens with two attached hydrogens (primary N) is 1. The fourth-order valence-electron chi connectivity index (χ4n) is 3.05. The van der Waals surface area contributed by atoms with Crippen molar-refractivity contribution in [2.24, 2.45) is 17.6 Å². The lowest BCUT2D eigenvalue weighted by molar-refractivity contribution is 0.00298. The van der Waals surface area contributed by atoms with Crippen LogP contribution in [0.1, 0.15) is 45.4 Å². The second-order valence-electron chi connectivity index (χ2n) is 4.99. The maximum absolute atomic E-state index is 6.15. The summed E-state index contributed by atoms with van der Waals surface area (Å²) in [7, 11) is 0. The van der Waals surface area contributed by atoms with Crippen molar-refractivity contribution in [1.29, 1.82) is 0 Å². The van der Waals surface area contributed by atoms with Crippen molar-refractivity contribution in [2.45, 2.75) is 57.6 Å². The highest BCUT2D eigenvalue weighted by Crippen LogP contribution is 2.42. The summed E-state index contributed by atoms with van der Waals surface area (Å²) in [5.41, 5.74) is 6.15. The Morgan fingerprint density at radius 1 is 1.21 bits per heavy atom. The third kappa shape index (κ3) is 2.12. The van der Waals surface area contributed by atoms with Gasteiger partial charge in [0.05, 0.1) is 6.10 Å². The molecule has 0 aliphatic heterocycles. The minimum absolute atomic E-state index is 0.487. The predicted molar refractivity (Wildman–Crippen MR) is 58.1 cm³/mol. The van der Waals surface area contributed by atoms with E-state index >= 15 is 0 Å². The highest BCUT2D eigenvalue weighted by atomic mass is 16.5. The molecule has 0 amide bonds. The second kappa shape index (κ2) is 4.63. The van der Waals surface area contributed by atoms with E-state index < -0.39 is 0 Å². The molecule has 2 nitrogen and oxygen atoms in total. The van der Waals surface area contributed by atoms with E-state index in [-0.39, 0.29) is 0 Å². The highest BCUT2D eigenvalue weighted by molar-refractivity contribution is 4.95. The first-order valence-corrected chi connectivity index (χ1v) is 6.18. The summed E-state index contributed by atoms with van der Waals surface area (Å²) in [6, 6.07) is 0.487. The van der Waals surface area contributed by atoms with Gasteiger partial charge in [-0.25, -0.2) is 0 Å². The number of ether oxygens (including phenoxy) is 1. The van der Waals surface area contributed by atoms with Crippen LogP contribution in [0.5, 0.6) is 0 Å². The Morgan fingerprint density at radius 3 is 2.43 bits per heavy atom. The summed E-state index contributed by atoms with van der Waals surface area (Å²) in [6.45, 7) is 3.17. The summed E-state index contributed by atoms with van der Waals surface area (Å²) in [5, 5.41) is 0. The lowest BCUT2D eigenvalue weighted by atomic mass is 9.83. The summed E-state index contributed by atoms with van der Waals surface area (Å²) in [6.07, 6.45) is 8.11. The van der Waals surface area contributed by atoms with E-state index in [0.29, 0.717) is 12.1 Å². The van der Waals surface area contributed by atoms with E-state index in [4.69, 9.17) is 10.5 Å². The van der Waals surface area contributed by atoms with Gasteiger partial charge in [-0.05, 0) is 43.9 Å². The lowest BCUT2D eigenvalue weighted by Gasteiger charge is -2.32. The summed E-state index contributed by atoms with van der Waals surface area (Å²) < 4.78 is 5.90. The van der Waals surface area contributed by atoms with Crippen molar-refractivity contribution < 1.29 is 4.74 Å². The molecule has 2 unspecified atom stereocenters. The van der Waals surface area contributed by atoms with E-state index in [2.05, 4.69) is 6.92 Å². The lowest BCUT2D eigenvalue weighted by Crippen LogP contribution is -2.40. The number of hydrogen-bond donors (Lipinski definition) is 1. The number of rotatable bonds is 4. The Labute approximate surface area is 87.2 Å². The van der Waals surface area contributed by atoms with E-state index in [1.807, 2.05) is 0 Å². The van der Waals surface area contributed by atoms with Crippen molar-refractivity contribution in [3.63, 3.8) is 0 Å². The molecule has 0 aromatic heterocycles. The van der Waals surface area contributed by atoms with Gasteiger partial charge in [0, 0.05) is 12.6 Å². The van der Waals surface area contributed by atoms with Gasteiger partial charge in [0.2, 0.25) is 0 Å². The zero-order valence-electron chi connectivity index (χ0n) is 9.24. The van der Waals surface area contributed by atoms with Crippen molar-refractivity contribution in [3.05, 3.63) is 0 Å². The van der Waals surface area contributed by atoms with Crippen LogP contribution < -0.4 is 5.73 Å². The molecule has 82 valence electrons. The smallest absolute Gasteiger partial charge is 0.0581 e. The maximum atomic E-state index is 6.15. The minimum atomic E-state index is 0.487.